The van der Waals surface area contributed by atoms with Gasteiger partial charge in [0.05, 0.1) is 5.69 Å². The molecular formula is C20H15ClN2O. The lowest BCUT2D eigenvalue weighted by molar-refractivity contribution is 0.286. The molecule has 0 aromatic heterocycles. The molecule has 4 rings (SSSR count). The molecule has 1 aliphatic heterocycles. The van der Waals surface area contributed by atoms with Crippen LogP contribution in [0.15, 0.2) is 77.8 Å². The van der Waals surface area contributed by atoms with E-state index in [9.17, 15) is 0 Å². The summed E-state index contributed by atoms with van der Waals surface area (Å²) in [5, 5.41) is 3.96. The highest BCUT2D eigenvalue weighted by Crippen LogP contribution is 2.26. The molecule has 1 heterocycles. The smallest absolute Gasteiger partial charge is 0.294 e. The Morgan fingerprint density at radius 1 is 0.833 bits per heavy atom. The van der Waals surface area contributed by atoms with Gasteiger partial charge in [-0.1, -0.05) is 54.1 Å². The van der Waals surface area contributed by atoms with Gasteiger partial charge in [0.1, 0.15) is 6.61 Å². The molecular weight excluding hydrogens is 320 g/mol. The van der Waals surface area contributed by atoms with Gasteiger partial charge in [-0.25, -0.2) is 0 Å². The lowest BCUT2D eigenvalue weighted by Gasteiger charge is -2.17. The predicted molar refractivity (Wildman–Crippen MR) is 98.8 cm³/mol. The molecule has 24 heavy (non-hydrogen) atoms. The van der Waals surface area contributed by atoms with Crippen molar-refractivity contribution in [1.82, 2.24) is 0 Å². The van der Waals surface area contributed by atoms with E-state index >= 15 is 0 Å². The fraction of sp³-hybridized carbons (Fsp3) is 0.0500. The Hall–Kier alpha value is -2.78. The number of ether oxygens (including phenoxy) is 1. The van der Waals surface area contributed by atoms with Crippen molar-refractivity contribution in [2.24, 2.45) is 4.99 Å². The first kappa shape index (κ1) is 14.8. The molecule has 0 spiro atoms. The fourth-order valence-corrected chi connectivity index (χ4v) is 2.73. The monoisotopic (exact) mass is 334 g/mol. The van der Waals surface area contributed by atoms with E-state index in [-0.39, 0.29) is 0 Å². The van der Waals surface area contributed by atoms with Crippen LogP contribution in [-0.2, 0) is 11.3 Å². The molecule has 4 heteroatoms. The number of amidine groups is 1. The van der Waals surface area contributed by atoms with E-state index in [0.717, 1.165) is 33.1 Å². The second-order valence-electron chi connectivity index (χ2n) is 5.54. The van der Waals surface area contributed by atoms with Crippen LogP contribution < -0.4 is 5.32 Å². The molecule has 0 aliphatic carbocycles. The summed E-state index contributed by atoms with van der Waals surface area (Å²) in [6, 6.07) is 24.5. The standard InChI is InChI=1S/C20H15ClN2O/c21-17-9-5-14(6-10-17)15-7-11-18(12-8-15)22-20-23-19-4-2-1-3-16(19)13-24-20/h1-12H,13H2,(H,22,23). The molecule has 0 fully saturated rings. The third kappa shape index (κ3) is 3.12. The van der Waals surface area contributed by atoms with E-state index in [1.807, 2.05) is 60.7 Å². The van der Waals surface area contributed by atoms with Gasteiger partial charge in [-0.2, -0.15) is 4.99 Å². The lowest BCUT2D eigenvalue weighted by Crippen LogP contribution is -2.18. The second-order valence-corrected chi connectivity index (χ2v) is 5.98. The third-order valence-electron chi connectivity index (χ3n) is 3.89. The van der Waals surface area contributed by atoms with Crippen molar-refractivity contribution in [3.05, 3.63) is 83.4 Å². The van der Waals surface area contributed by atoms with Crippen LogP contribution in [0.4, 0.5) is 11.4 Å². The summed E-state index contributed by atoms with van der Waals surface area (Å²) < 4.78 is 5.66. The van der Waals surface area contributed by atoms with Crippen LogP contribution >= 0.6 is 11.6 Å². The lowest BCUT2D eigenvalue weighted by atomic mass is 10.1. The summed E-state index contributed by atoms with van der Waals surface area (Å²) in [4.78, 5) is 4.50. The van der Waals surface area contributed by atoms with Gasteiger partial charge < -0.3 is 10.1 Å². The molecule has 0 atom stereocenters. The Morgan fingerprint density at radius 2 is 1.50 bits per heavy atom. The zero-order chi connectivity index (χ0) is 16.4. The average Bonchev–Trinajstić information content (AvgIpc) is 2.63. The highest BCUT2D eigenvalue weighted by atomic mass is 35.5. The summed E-state index contributed by atoms with van der Waals surface area (Å²) >= 11 is 5.93. The molecule has 0 bridgehead atoms. The maximum absolute atomic E-state index is 5.93. The van der Waals surface area contributed by atoms with Crippen molar-refractivity contribution in [2.75, 3.05) is 5.32 Å². The first-order valence-corrected chi connectivity index (χ1v) is 8.08. The van der Waals surface area contributed by atoms with E-state index in [1.165, 1.54) is 0 Å². The zero-order valence-corrected chi connectivity index (χ0v) is 13.6. The van der Waals surface area contributed by atoms with Gasteiger partial charge in [-0.3, -0.25) is 0 Å². The minimum absolute atomic E-state index is 0.521. The molecule has 0 radical (unpaired) electrons. The number of halogens is 1. The topological polar surface area (TPSA) is 33.6 Å². The highest BCUT2D eigenvalue weighted by Gasteiger charge is 2.12. The van der Waals surface area contributed by atoms with Gasteiger partial charge in [-0.05, 0) is 41.5 Å². The van der Waals surface area contributed by atoms with E-state index in [4.69, 9.17) is 16.3 Å². The number of aliphatic imine (C=N–C) groups is 1. The van der Waals surface area contributed by atoms with Crippen LogP contribution in [-0.4, -0.2) is 6.02 Å². The molecule has 1 aliphatic rings. The number of anilines is 1. The summed E-state index contributed by atoms with van der Waals surface area (Å²) in [7, 11) is 0. The number of nitrogens with zero attached hydrogens (tertiary/aromatic N) is 1. The molecule has 118 valence electrons. The molecule has 1 N–H and O–H groups in total. The van der Waals surface area contributed by atoms with Crippen molar-refractivity contribution in [1.29, 1.82) is 0 Å². The first-order valence-electron chi connectivity index (χ1n) is 7.70. The highest BCUT2D eigenvalue weighted by molar-refractivity contribution is 6.30. The van der Waals surface area contributed by atoms with Crippen LogP contribution in [0.1, 0.15) is 5.56 Å². The summed E-state index contributed by atoms with van der Waals surface area (Å²) in [6.45, 7) is 0.533. The van der Waals surface area contributed by atoms with Crippen LogP contribution in [0, 0.1) is 0 Å². The Kier molecular flexibility index (Phi) is 3.93. The number of hydrogen-bond donors (Lipinski definition) is 1. The second kappa shape index (κ2) is 6.38. The molecule has 3 aromatic rings. The SMILES string of the molecule is Clc1ccc(-c2ccc(NC3=Nc4ccccc4CO3)cc2)cc1. The normalized spacial score (nSPS) is 12.8. The Bertz CT molecular complexity index is 886. The number of hydrogen-bond acceptors (Lipinski definition) is 3. The van der Waals surface area contributed by atoms with E-state index < -0.39 is 0 Å². The largest absolute Gasteiger partial charge is 0.460 e. The van der Waals surface area contributed by atoms with Crippen LogP contribution in [0.3, 0.4) is 0 Å². The average molecular weight is 335 g/mol. The van der Waals surface area contributed by atoms with Gasteiger partial charge >= 0.3 is 0 Å². The van der Waals surface area contributed by atoms with E-state index in [1.54, 1.807) is 0 Å². The van der Waals surface area contributed by atoms with E-state index in [2.05, 4.69) is 22.4 Å². The van der Waals surface area contributed by atoms with Crippen molar-refractivity contribution in [3.63, 3.8) is 0 Å². The number of rotatable bonds is 2. The van der Waals surface area contributed by atoms with Gasteiger partial charge in [0.2, 0.25) is 0 Å². The van der Waals surface area contributed by atoms with Crippen molar-refractivity contribution < 1.29 is 4.74 Å². The molecule has 0 saturated heterocycles. The third-order valence-corrected chi connectivity index (χ3v) is 4.14. The van der Waals surface area contributed by atoms with Crippen molar-refractivity contribution in [3.8, 4) is 11.1 Å². The molecule has 0 saturated carbocycles. The van der Waals surface area contributed by atoms with Crippen LogP contribution in [0.2, 0.25) is 5.02 Å². The Morgan fingerprint density at radius 3 is 2.25 bits per heavy atom. The quantitative estimate of drug-likeness (QED) is 0.658. The Balaban J connectivity index is 1.52. The minimum atomic E-state index is 0.521. The number of nitrogens with one attached hydrogen (secondary N) is 1. The van der Waals surface area contributed by atoms with Crippen LogP contribution in [0.5, 0.6) is 0 Å². The predicted octanol–water partition coefficient (Wildman–Crippen LogP) is 5.64. The van der Waals surface area contributed by atoms with Crippen molar-refractivity contribution in [2.45, 2.75) is 6.61 Å². The maximum atomic E-state index is 5.93. The van der Waals surface area contributed by atoms with Crippen LogP contribution in [0.25, 0.3) is 11.1 Å². The zero-order valence-electron chi connectivity index (χ0n) is 12.9. The molecule has 0 unspecified atom stereocenters. The van der Waals surface area contributed by atoms with Gasteiger partial charge in [0, 0.05) is 16.3 Å². The van der Waals surface area contributed by atoms with Gasteiger partial charge in [-0.15, -0.1) is 0 Å². The summed E-state index contributed by atoms with van der Waals surface area (Å²) in [6.07, 6.45) is 0. The van der Waals surface area contributed by atoms with Gasteiger partial charge in [0.15, 0.2) is 0 Å². The minimum Gasteiger partial charge on any atom is -0.460 e. The first-order chi connectivity index (χ1) is 11.8. The molecule has 3 aromatic carbocycles. The number of fused-ring (bicyclic) bond motifs is 1. The Labute approximate surface area is 145 Å². The van der Waals surface area contributed by atoms with Crippen molar-refractivity contribution >= 4 is 29.0 Å². The number of para-hydroxylation sites is 1. The summed E-state index contributed by atoms with van der Waals surface area (Å²) in [5.41, 5.74) is 5.25. The maximum Gasteiger partial charge on any atom is 0.294 e. The summed E-state index contributed by atoms with van der Waals surface area (Å²) in [5.74, 6) is 0. The molecule has 0 amide bonds. The van der Waals surface area contributed by atoms with E-state index in [0.29, 0.717) is 12.6 Å². The fourth-order valence-electron chi connectivity index (χ4n) is 2.61. The molecule has 3 nitrogen and oxygen atoms in total. The van der Waals surface area contributed by atoms with Gasteiger partial charge in [0.25, 0.3) is 6.02 Å². The number of benzene rings is 3.